The number of piperazine rings is 1. The van der Waals surface area contributed by atoms with Crippen molar-refractivity contribution >= 4 is 34.7 Å². The van der Waals surface area contributed by atoms with Gasteiger partial charge in [-0.05, 0) is 37.1 Å². The molecule has 0 spiro atoms. The zero-order valence-corrected chi connectivity index (χ0v) is 19.0. The number of nitrogens with zero attached hydrogens (tertiary/aromatic N) is 7. The van der Waals surface area contributed by atoms with Crippen LogP contribution in [-0.4, -0.2) is 69.9 Å². The number of halogens is 4. The van der Waals surface area contributed by atoms with E-state index in [1.807, 2.05) is 34.1 Å². The molecule has 0 aliphatic carbocycles. The average Bonchev–Trinajstić information content (AvgIpc) is 3.28. The van der Waals surface area contributed by atoms with Crippen LogP contribution in [0.4, 0.5) is 24.7 Å². The molecule has 0 N–H and O–H groups in total. The average molecular weight is 494 g/mol. The van der Waals surface area contributed by atoms with Gasteiger partial charge in [0.2, 0.25) is 5.91 Å². The van der Waals surface area contributed by atoms with Gasteiger partial charge in [-0.1, -0.05) is 23.7 Å². The summed E-state index contributed by atoms with van der Waals surface area (Å²) >= 11 is 6.30. The molecule has 0 atom stereocenters. The second-order valence-corrected chi connectivity index (χ2v) is 8.92. The summed E-state index contributed by atoms with van der Waals surface area (Å²) in [5.41, 5.74) is 1.02. The number of carbonyl (C=O) groups excluding carboxylic acids is 1. The van der Waals surface area contributed by atoms with E-state index in [0.29, 0.717) is 49.9 Å². The molecule has 2 fully saturated rings. The number of para-hydroxylation sites is 1. The molecule has 2 aliphatic rings. The van der Waals surface area contributed by atoms with Crippen molar-refractivity contribution in [3.63, 3.8) is 0 Å². The van der Waals surface area contributed by atoms with Gasteiger partial charge in [0.1, 0.15) is 5.82 Å². The highest BCUT2D eigenvalue weighted by molar-refractivity contribution is 6.33. The Morgan fingerprint density at radius 3 is 2.29 bits per heavy atom. The van der Waals surface area contributed by atoms with E-state index in [1.165, 1.54) is 6.07 Å². The van der Waals surface area contributed by atoms with Gasteiger partial charge >= 0.3 is 6.18 Å². The molecule has 0 unspecified atom stereocenters. The molecule has 1 aromatic carbocycles. The maximum atomic E-state index is 13.2. The summed E-state index contributed by atoms with van der Waals surface area (Å²) in [4.78, 5) is 19.1. The van der Waals surface area contributed by atoms with Gasteiger partial charge in [-0.25, -0.2) is 0 Å². The number of carbonyl (C=O) groups is 1. The third-order valence-electron chi connectivity index (χ3n) is 6.45. The second kappa shape index (κ2) is 8.94. The monoisotopic (exact) mass is 493 g/mol. The van der Waals surface area contributed by atoms with Crippen LogP contribution >= 0.6 is 11.6 Å². The number of anilines is 2. The predicted octanol–water partition coefficient (Wildman–Crippen LogP) is 3.36. The van der Waals surface area contributed by atoms with Crippen LogP contribution in [0.2, 0.25) is 5.02 Å². The molecule has 12 heteroatoms. The van der Waals surface area contributed by atoms with E-state index in [9.17, 15) is 18.0 Å². The fraction of sp³-hybridized carbons (Fsp3) is 0.455. The molecule has 0 radical (unpaired) electrons. The van der Waals surface area contributed by atoms with Crippen molar-refractivity contribution in [2.24, 2.45) is 5.92 Å². The third kappa shape index (κ3) is 4.36. The van der Waals surface area contributed by atoms with Crippen molar-refractivity contribution in [1.82, 2.24) is 24.7 Å². The van der Waals surface area contributed by atoms with E-state index >= 15 is 0 Å². The Labute approximate surface area is 198 Å². The van der Waals surface area contributed by atoms with Crippen LogP contribution in [0.5, 0.6) is 0 Å². The van der Waals surface area contributed by atoms with Crippen molar-refractivity contribution in [3.8, 4) is 0 Å². The summed E-state index contributed by atoms with van der Waals surface area (Å²) < 4.78 is 40.2. The van der Waals surface area contributed by atoms with Gasteiger partial charge in [0.15, 0.2) is 5.65 Å². The van der Waals surface area contributed by atoms with Gasteiger partial charge in [-0.2, -0.15) is 17.7 Å². The fourth-order valence-electron chi connectivity index (χ4n) is 4.61. The smallest absolute Gasteiger partial charge is 0.367 e. The van der Waals surface area contributed by atoms with E-state index in [1.54, 1.807) is 6.07 Å². The first kappa shape index (κ1) is 22.7. The quantitative estimate of drug-likeness (QED) is 0.557. The SMILES string of the molecule is O=C(C1CCN(c2ccc3nnc(C(F)(F)F)n3n2)CC1)N1CCN(c2ccccc2Cl)CC1. The number of fused-ring (bicyclic) bond motifs is 1. The third-order valence-corrected chi connectivity index (χ3v) is 6.77. The van der Waals surface area contributed by atoms with E-state index in [2.05, 4.69) is 20.2 Å². The molecular formula is C22H23ClF3N7O. The number of aromatic nitrogens is 4. The van der Waals surface area contributed by atoms with Gasteiger partial charge in [0.25, 0.3) is 5.82 Å². The molecule has 3 aromatic rings. The van der Waals surface area contributed by atoms with E-state index in [-0.39, 0.29) is 17.5 Å². The highest BCUT2D eigenvalue weighted by Crippen LogP contribution is 2.30. The maximum absolute atomic E-state index is 13.2. The lowest BCUT2D eigenvalue weighted by molar-refractivity contribution is -0.146. The molecule has 2 saturated heterocycles. The van der Waals surface area contributed by atoms with E-state index in [4.69, 9.17) is 11.6 Å². The minimum atomic E-state index is -4.64. The molecule has 5 rings (SSSR count). The summed E-state index contributed by atoms with van der Waals surface area (Å²) in [5.74, 6) is -0.699. The van der Waals surface area contributed by atoms with Gasteiger partial charge in [-0.3, -0.25) is 4.79 Å². The van der Waals surface area contributed by atoms with E-state index in [0.717, 1.165) is 23.3 Å². The lowest BCUT2D eigenvalue weighted by Crippen LogP contribution is -2.51. The first-order chi connectivity index (χ1) is 16.3. The summed E-state index contributed by atoms with van der Waals surface area (Å²) in [6, 6.07) is 10.8. The first-order valence-electron chi connectivity index (χ1n) is 11.1. The summed E-state index contributed by atoms with van der Waals surface area (Å²) in [7, 11) is 0. The first-order valence-corrected chi connectivity index (χ1v) is 11.5. The fourth-order valence-corrected chi connectivity index (χ4v) is 4.87. The number of hydrogen-bond donors (Lipinski definition) is 0. The molecule has 1 amide bonds. The van der Waals surface area contributed by atoms with Crippen molar-refractivity contribution in [2.45, 2.75) is 19.0 Å². The number of benzene rings is 1. The van der Waals surface area contributed by atoms with Gasteiger partial charge in [-0.15, -0.1) is 15.3 Å². The standard InChI is InChI=1S/C22H23ClF3N7O/c23-16-3-1-2-4-17(16)30-11-13-32(14-12-30)20(34)15-7-9-31(10-8-15)19-6-5-18-27-28-21(22(24,25)26)33(18)29-19/h1-6,15H,7-14H2. The van der Waals surface area contributed by atoms with Crippen molar-refractivity contribution in [2.75, 3.05) is 49.1 Å². The topological polar surface area (TPSA) is 69.9 Å². The lowest BCUT2D eigenvalue weighted by atomic mass is 9.95. The molecule has 2 aliphatic heterocycles. The Bertz CT molecular complexity index is 1180. The molecular weight excluding hydrogens is 471 g/mol. The van der Waals surface area contributed by atoms with Crippen LogP contribution in [-0.2, 0) is 11.0 Å². The van der Waals surface area contributed by atoms with Crippen LogP contribution in [0.1, 0.15) is 18.7 Å². The largest absolute Gasteiger partial charge is 0.453 e. The number of amides is 1. The van der Waals surface area contributed by atoms with Crippen molar-refractivity contribution < 1.29 is 18.0 Å². The van der Waals surface area contributed by atoms with Crippen LogP contribution in [0.25, 0.3) is 5.65 Å². The summed E-state index contributed by atoms with van der Waals surface area (Å²) in [5, 5.41) is 11.6. The van der Waals surface area contributed by atoms with Gasteiger partial charge < -0.3 is 14.7 Å². The Morgan fingerprint density at radius 1 is 0.912 bits per heavy atom. The predicted molar refractivity (Wildman–Crippen MR) is 121 cm³/mol. The Hall–Kier alpha value is -3.08. The number of hydrogen-bond acceptors (Lipinski definition) is 6. The molecule has 4 heterocycles. The maximum Gasteiger partial charge on any atom is 0.453 e. The Morgan fingerprint density at radius 2 is 1.62 bits per heavy atom. The lowest BCUT2D eigenvalue weighted by Gasteiger charge is -2.39. The van der Waals surface area contributed by atoms with Crippen LogP contribution in [0.3, 0.4) is 0 Å². The van der Waals surface area contributed by atoms with Crippen LogP contribution < -0.4 is 9.80 Å². The van der Waals surface area contributed by atoms with Crippen LogP contribution in [0, 0.1) is 5.92 Å². The molecule has 34 heavy (non-hydrogen) atoms. The normalized spacial score (nSPS) is 18.1. The minimum Gasteiger partial charge on any atom is -0.367 e. The zero-order chi connectivity index (χ0) is 23.9. The number of alkyl halides is 3. The summed E-state index contributed by atoms with van der Waals surface area (Å²) in [6.45, 7) is 3.79. The molecule has 0 saturated carbocycles. The van der Waals surface area contributed by atoms with Gasteiger partial charge in [0, 0.05) is 45.2 Å². The number of piperidine rings is 1. The minimum absolute atomic E-state index is 0.0390. The molecule has 8 nitrogen and oxygen atoms in total. The summed E-state index contributed by atoms with van der Waals surface area (Å²) in [6.07, 6.45) is -3.39. The molecule has 2 aromatic heterocycles. The van der Waals surface area contributed by atoms with Crippen molar-refractivity contribution in [1.29, 1.82) is 0 Å². The molecule has 0 bridgehead atoms. The Balaban J connectivity index is 1.19. The molecule has 180 valence electrons. The Kier molecular flexibility index (Phi) is 5.97. The van der Waals surface area contributed by atoms with Crippen LogP contribution in [0.15, 0.2) is 36.4 Å². The number of rotatable bonds is 3. The van der Waals surface area contributed by atoms with E-state index < -0.39 is 12.0 Å². The zero-order valence-electron chi connectivity index (χ0n) is 18.2. The highest BCUT2D eigenvalue weighted by Gasteiger charge is 2.38. The van der Waals surface area contributed by atoms with Gasteiger partial charge in [0.05, 0.1) is 10.7 Å². The van der Waals surface area contributed by atoms with Crippen molar-refractivity contribution in [3.05, 3.63) is 47.2 Å². The highest BCUT2D eigenvalue weighted by atomic mass is 35.5. The second-order valence-electron chi connectivity index (χ2n) is 8.51.